The summed E-state index contributed by atoms with van der Waals surface area (Å²) in [4.78, 5) is 0. The topological polar surface area (TPSA) is 12.0 Å². The van der Waals surface area contributed by atoms with Crippen LogP contribution < -0.4 is 5.32 Å². The first kappa shape index (κ1) is 3.94. The zero-order valence-corrected chi connectivity index (χ0v) is 4.72. The molecule has 1 nitrogen and oxygen atoms in total. The molecule has 1 spiro atoms. The van der Waals surface area contributed by atoms with Crippen molar-refractivity contribution in [1.82, 2.24) is 5.32 Å². The maximum atomic E-state index is 5.77. The van der Waals surface area contributed by atoms with Gasteiger partial charge in [-0.1, -0.05) is 12.2 Å². The van der Waals surface area contributed by atoms with Crippen LogP contribution in [0.15, 0.2) is 0 Å². The highest BCUT2D eigenvalue weighted by Gasteiger charge is 2.73. The Balaban J connectivity index is 1.98. The summed E-state index contributed by atoms with van der Waals surface area (Å²) < 4.78 is 0. The minimum absolute atomic E-state index is 0.491. The van der Waals surface area contributed by atoms with E-state index >= 15 is 0 Å². The third-order valence-corrected chi connectivity index (χ3v) is 3.33. The summed E-state index contributed by atoms with van der Waals surface area (Å²) in [6.45, 7) is 0. The number of nitrogens with one attached hydrogen (secondary N) is 1. The number of rotatable bonds is 0. The fraction of sp³-hybridized carbons (Fsp3) is 1.00. The smallest absolute Gasteiger partial charge is 0.0724 e. The van der Waals surface area contributed by atoms with Gasteiger partial charge in [0.15, 0.2) is 0 Å². The summed E-state index contributed by atoms with van der Waals surface area (Å²) in [5, 5.41) is 3.44. The van der Waals surface area contributed by atoms with Gasteiger partial charge in [0.2, 0.25) is 0 Å². The van der Waals surface area contributed by atoms with E-state index in [9.17, 15) is 0 Å². The molecule has 4 unspecified atom stereocenters. The Morgan fingerprint density at radius 3 is 2.38 bits per heavy atom. The number of piperidine rings is 1. The van der Waals surface area contributed by atoms with Crippen LogP contribution >= 0.6 is 0 Å². The largest absolute Gasteiger partial charge is 0.308 e. The Morgan fingerprint density at radius 2 is 2.38 bits per heavy atom. The zero-order chi connectivity index (χ0) is 5.35. The van der Waals surface area contributed by atoms with Gasteiger partial charge < -0.3 is 5.32 Å². The van der Waals surface area contributed by atoms with Gasteiger partial charge >= 0.3 is 0 Å². The SMILES string of the molecule is [B]C1CC2C3CC12N3. The van der Waals surface area contributed by atoms with Crippen LogP contribution in [0.2, 0.25) is 5.82 Å². The van der Waals surface area contributed by atoms with Crippen molar-refractivity contribution in [2.75, 3.05) is 0 Å². The van der Waals surface area contributed by atoms with Crippen molar-refractivity contribution < 1.29 is 0 Å². The Hall–Kier alpha value is 0.0249. The fourth-order valence-corrected chi connectivity index (χ4v) is 2.52. The van der Waals surface area contributed by atoms with Crippen molar-refractivity contribution in [2.45, 2.75) is 30.2 Å². The molecular weight excluding hydrogens is 96.9 g/mol. The Morgan fingerprint density at radius 1 is 1.62 bits per heavy atom. The van der Waals surface area contributed by atoms with E-state index in [-0.39, 0.29) is 0 Å². The van der Waals surface area contributed by atoms with Gasteiger partial charge in [-0.2, -0.15) is 0 Å². The van der Waals surface area contributed by atoms with Crippen molar-refractivity contribution in [3.8, 4) is 0 Å². The normalized spacial score (nSPS) is 73.8. The molecule has 2 radical (unpaired) electrons. The van der Waals surface area contributed by atoms with Crippen LogP contribution in [-0.2, 0) is 0 Å². The molecule has 4 rings (SSSR count). The van der Waals surface area contributed by atoms with Crippen LogP contribution in [0.4, 0.5) is 0 Å². The van der Waals surface area contributed by atoms with Gasteiger partial charge in [0.25, 0.3) is 0 Å². The summed E-state index contributed by atoms with van der Waals surface area (Å²) in [5.41, 5.74) is 0.491. The van der Waals surface area contributed by atoms with E-state index in [1.807, 2.05) is 0 Å². The molecule has 2 aliphatic carbocycles. The van der Waals surface area contributed by atoms with E-state index < -0.39 is 0 Å². The van der Waals surface area contributed by atoms with Crippen LogP contribution in [0, 0.1) is 5.92 Å². The van der Waals surface area contributed by atoms with E-state index in [1.165, 1.54) is 12.8 Å². The van der Waals surface area contributed by atoms with Gasteiger partial charge in [-0.25, -0.2) is 0 Å². The lowest BCUT2D eigenvalue weighted by Crippen LogP contribution is -2.91. The first-order valence-corrected chi connectivity index (χ1v) is 3.36. The van der Waals surface area contributed by atoms with Gasteiger partial charge in [0, 0.05) is 11.6 Å². The molecule has 4 atom stereocenters. The molecule has 4 aliphatic rings. The van der Waals surface area contributed by atoms with Crippen molar-refractivity contribution >= 4 is 7.85 Å². The summed E-state index contributed by atoms with van der Waals surface area (Å²) in [6.07, 6.45) is 2.66. The Bertz CT molecular complexity index is 145. The maximum Gasteiger partial charge on any atom is 0.0724 e. The summed E-state index contributed by atoms with van der Waals surface area (Å²) in [5.74, 6) is 1.50. The van der Waals surface area contributed by atoms with Crippen LogP contribution in [0.5, 0.6) is 0 Å². The molecule has 8 heavy (non-hydrogen) atoms. The van der Waals surface area contributed by atoms with Gasteiger partial charge in [-0.05, 0) is 12.3 Å². The summed E-state index contributed by atoms with van der Waals surface area (Å²) in [7, 11) is 5.77. The fourth-order valence-electron chi connectivity index (χ4n) is 2.52. The monoisotopic (exact) mass is 105 g/mol. The lowest BCUT2D eigenvalue weighted by molar-refractivity contribution is -0.178. The first-order chi connectivity index (χ1) is 3.83. The molecule has 2 saturated heterocycles. The molecular formula is C6H8BN. The van der Waals surface area contributed by atoms with Crippen LogP contribution in [0.1, 0.15) is 12.8 Å². The number of hydrogen-bond acceptors (Lipinski definition) is 1. The summed E-state index contributed by atoms with van der Waals surface area (Å²) in [6, 6.07) is 0.884. The quantitative estimate of drug-likeness (QED) is 0.430. The van der Waals surface area contributed by atoms with Crippen LogP contribution in [0.3, 0.4) is 0 Å². The second-order valence-electron chi connectivity index (χ2n) is 3.44. The van der Waals surface area contributed by atoms with Gasteiger partial charge in [0.1, 0.15) is 0 Å². The highest BCUT2D eigenvalue weighted by Crippen LogP contribution is 2.67. The molecule has 2 heterocycles. The molecule has 1 N–H and O–H groups in total. The minimum Gasteiger partial charge on any atom is -0.308 e. The van der Waals surface area contributed by atoms with Crippen LogP contribution in [-0.4, -0.2) is 19.4 Å². The minimum atomic E-state index is 0.491. The molecule has 2 bridgehead atoms. The van der Waals surface area contributed by atoms with Crippen molar-refractivity contribution in [1.29, 1.82) is 0 Å². The molecule has 0 amide bonds. The predicted molar refractivity (Wildman–Crippen MR) is 31.9 cm³/mol. The van der Waals surface area contributed by atoms with Gasteiger partial charge in [-0.3, -0.25) is 0 Å². The first-order valence-electron chi connectivity index (χ1n) is 3.36. The van der Waals surface area contributed by atoms with Gasteiger partial charge in [-0.15, -0.1) is 0 Å². The highest BCUT2D eigenvalue weighted by molar-refractivity contribution is 6.14. The standard InChI is InChI=1S/C6H8BN/c7-5-1-3-4-2-6(3,5)8-4/h3-5,8H,1-2H2. The molecule has 2 saturated carbocycles. The third-order valence-electron chi connectivity index (χ3n) is 3.33. The third kappa shape index (κ3) is 0.169. The molecule has 4 fully saturated rings. The lowest BCUT2D eigenvalue weighted by atomic mass is 9.33. The molecule has 40 valence electrons. The van der Waals surface area contributed by atoms with Crippen LogP contribution in [0.25, 0.3) is 0 Å². The summed E-state index contributed by atoms with van der Waals surface area (Å²) >= 11 is 0. The zero-order valence-electron chi connectivity index (χ0n) is 4.72. The predicted octanol–water partition coefficient (Wildman–Crippen LogP) is 0.0776. The van der Waals surface area contributed by atoms with E-state index in [1.54, 1.807) is 0 Å². The molecule has 0 aromatic carbocycles. The van der Waals surface area contributed by atoms with Crippen molar-refractivity contribution in [3.63, 3.8) is 0 Å². The number of hydrogen-bond donors (Lipinski definition) is 1. The van der Waals surface area contributed by atoms with Crippen molar-refractivity contribution in [2.24, 2.45) is 5.92 Å². The van der Waals surface area contributed by atoms with Crippen molar-refractivity contribution in [3.05, 3.63) is 0 Å². The highest BCUT2D eigenvalue weighted by atomic mass is 15.2. The molecule has 0 aromatic rings. The average Bonchev–Trinajstić information content (AvgIpc) is 1.57. The lowest BCUT2D eigenvalue weighted by Gasteiger charge is -2.80. The van der Waals surface area contributed by atoms with E-state index in [4.69, 9.17) is 7.85 Å². The second-order valence-corrected chi connectivity index (χ2v) is 3.44. The molecule has 2 aliphatic heterocycles. The molecule has 2 heteroatoms. The molecule has 0 aromatic heterocycles. The van der Waals surface area contributed by atoms with Gasteiger partial charge in [0.05, 0.1) is 7.85 Å². The Kier molecular flexibility index (Phi) is 0.387. The second kappa shape index (κ2) is 0.785. The van der Waals surface area contributed by atoms with E-state index in [2.05, 4.69) is 5.32 Å². The average molecular weight is 105 g/mol. The Labute approximate surface area is 50.2 Å². The van der Waals surface area contributed by atoms with E-state index in [0.717, 1.165) is 12.0 Å². The maximum absolute atomic E-state index is 5.77. The van der Waals surface area contributed by atoms with E-state index in [0.29, 0.717) is 11.4 Å².